The Hall–Kier alpha value is -0.520. The summed E-state index contributed by atoms with van der Waals surface area (Å²) in [4.78, 5) is 0. The van der Waals surface area contributed by atoms with Crippen molar-refractivity contribution in [3.05, 3.63) is 33.5 Å². The lowest BCUT2D eigenvalue weighted by molar-refractivity contribution is 0.630. The standard InChI is InChI=1S/C10H7BrClFN2S/c11-6-2-1-3-7(13)9(6)10-15-14-8(16-10)4-5-12/h1-3H,4-5H2. The lowest BCUT2D eigenvalue weighted by Crippen LogP contribution is -1.85. The highest BCUT2D eigenvalue weighted by atomic mass is 79.9. The zero-order chi connectivity index (χ0) is 11.5. The molecule has 0 N–H and O–H groups in total. The van der Waals surface area contributed by atoms with Crippen LogP contribution in [0.1, 0.15) is 5.01 Å². The lowest BCUT2D eigenvalue weighted by atomic mass is 10.2. The van der Waals surface area contributed by atoms with E-state index in [0.717, 1.165) is 5.01 Å². The molecule has 16 heavy (non-hydrogen) atoms. The van der Waals surface area contributed by atoms with Crippen LogP contribution >= 0.6 is 38.9 Å². The van der Waals surface area contributed by atoms with Crippen LogP contribution in [0.25, 0.3) is 10.6 Å². The summed E-state index contributed by atoms with van der Waals surface area (Å²) in [6, 6.07) is 4.83. The summed E-state index contributed by atoms with van der Waals surface area (Å²) in [5.41, 5.74) is 0.459. The number of alkyl halides is 1. The van der Waals surface area contributed by atoms with Gasteiger partial charge >= 0.3 is 0 Å². The van der Waals surface area contributed by atoms with Crippen molar-refractivity contribution in [2.45, 2.75) is 6.42 Å². The highest BCUT2D eigenvalue weighted by Gasteiger charge is 2.14. The predicted molar refractivity (Wildman–Crippen MR) is 67.4 cm³/mol. The molecule has 2 rings (SSSR count). The summed E-state index contributed by atoms with van der Waals surface area (Å²) in [5.74, 6) is 0.190. The Bertz CT molecular complexity index is 483. The van der Waals surface area contributed by atoms with Crippen molar-refractivity contribution in [2.75, 3.05) is 5.88 Å². The fourth-order valence-electron chi connectivity index (χ4n) is 1.24. The maximum absolute atomic E-state index is 13.6. The van der Waals surface area contributed by atoms with E-state index >= 15 is 0 Å². The molecule has 0 saturated heterocycles. The second-order valence-electron chi connectivity index (χ2n) is 3.04. The zero-order valence-electron chi connectivity index (χ0n) is 8.08. The van der Waals surface area contributed by atoms with Crippen molar-refractivity contribution in [3.63, 3.8) is 0 Å². The minimum Gasteiger partial charge on any atom is -0.206 e. The van der Waals surface area contributed by atoms with E-state index in [9.17, 15) is 4.39 Å². The molecule has 1 heterocycles. The first kappa shape index (κ1) is 12.0. The largest absolute Gasteiger partial charge is 0.206 e. The average Bonchev–Trinajstić information content (AvgIpc) is 2.67. The van der Waals surface area contributed by atoms with Gasteiger partial charge in [0, 0.05) is 16.8 Å². The third-order valence-electron chi connectivity index (χ3n) is 1.95. The summed E-state index contributed by atoms with van der Waals surface area (Å²) in [6.45, 7) is 0. The van der Waals surface area contributed by atoms with Crippen molar-refractivity contribution in [1.82, 2.24) is 10.2 Å². The van der Waals surface area contributed by atoms with E-state index in [0.29, 0.717) is 27.3 Å². The Kier molecular flexibility index (Phi) is 3.89. The van der Waals surface area contributed by atoms with Crippen LogP contribution in [0.3, 0.4) is 0 Å². The molecule has 2 nitrogen and oxygen atoms in total. The van der Waals surface area contributed by atoms with E-state index in [1.807, 2.05) is 0 Å². The molecule has 0 amide bonds. The molecular formula is C10H7BrClFN2S. The van der Waals surface area contributed by atoms with Crippen molar-refractivity contribution < 1.29 is 4.39 Å². The highest BCUT2D eigenvalue weighted by Crippen LogP contribution is 2.32. The summed E-state index contributed by atoms with van der Waals surface area (Å²) in [6.07, 6.45) is 0.658. The van der Waals surface area contributed by atoms with Gasteiger partial charge in [0.25, 0.3) is 0 Å². The van der Waals surface area contributed by atoms with Gasteiger partial charge in [-0.1, -0.05) is 17.4 Å². The number of halogens is 3. The first-order chi connectivity index (χ1) is 7.72. The summed E-state index contributed by atoms with van der Waals surface area (Å²) in [7, 11) is 0. The molecule has 0 aliphatic rings. The van der Waals surface area contributed by atoms with Crippen LogP contribution in [0.15, 0.2) is 22.7 Å². The third kappa shape index (κ3) is 2.42. The molecule has 0 aliphatic carbocycles. The molecule has 0 atom stereocenters. The average molecular weight is 322 g/mol. The summed E-state index contributed by atoms with van der Waals surface area (Å²) in [5, 5.41) is 9.32. The molecule has 2 aromatic rings. The predicted octanol–water partition coefficient (Wildman–Crippen LogP) is 3.89. The van der Waals surface area contributed by atoms with Crippen molar-refractivity contribution in [3.8, 4) is 10.6 Å². The molecule has 1 aromatic carbocycles. The molecule has 84 valence electrons. The van der Waals surface area contributed by atoms with Crippen molar-refractivity contribution in [2.24, 2.45) is 0 Å². The third-order valence-corrected chi connectivity index (χ3v) is 3.80. The molecule has 1 aromatic heterocycles. The molecule has 0 spiro atoms. The van der Waals surface area contributed by atoms with Crippen LogP contribution in [-0.2, 0) is 6.42 Å². The second-order valence-corrected chi connectivity index (χ2v) is 5.33. The molecule has 0 saturated carbocycles. The van der Waals surface area contributed by atoms with E-state index in [1.54, 1.807) is 12.1 Å². The quantitative estimate of drug-likeness (QED) is 0.802. The number of rotatable bonds is 3. The van der Waals surface area contributed by atoms with E-state index in [1.165, 1.54) is 17.4 Å². The van der Waals surface area contributed by atoms with E-state index in [4.69, 9.17) is 11.6 Å². The minimum absolute atomic E-state index is 0.303. The molecule has 0 radical (unpaired) electrons. The molecule has 0 bridgehead atoms. The van der Waals surface area contributed by atoms with Gasteiger partial charge in [-0.3, -0.25) is 0 Å². The maximum Gasteiger partial charge on any atom is 0.151 e. The van der Waals surface area contributed by atoms with Crippen LogP contribution in [0.4, 0.5) is 4.39 Å². The van der Waals surface area contributed by atoms with Gasteiger partial charge in [-0.15, -0.1) is 21.8 Å². The zero-order valence-corrected chi connectivity index (χ0v) is 11.2. The number of aromatic nitrogens is 2. The number of hydrogen-bond acceptors (Lipinski definition) is 3. The topological polar surface area (TPSA) is 25.8 Å². The van der Waals surface area contributed by atoms with E-state index in [2.05, 4.69) is 26.1 Å². The van der Waals surface area contributed by atoms with Gasteiger partial charge in [-0.2, -0.15) is 0 Å². The van der Waals surface area contributed by atoms with Gasteiger partial charge in [-0.25, -0.2) is 4.39 Å². The summed E-state index contributed by atoms with van der Waals surface area (Å²) < 4.78 is 14.3. The Morgan fingerprint density at radius 1 is 1.38 bits per heavy atom. The minimum atomic E-state index is -0.303. The van der Waals surface area contributed by atoms with Crippen LogP contribution in [0, 0.1) is 5.82 Å². The molecule has 6 heteroatoms. The smallest absolute Gasteiger partial charge is 0.151 e. The van der Waals surface area contributed by atoms with Crippen molar-refractivity contribution >= 4 is 38.9 Å². The molecule has 0 aliphatic heterocycles. The molecule has 0 unspecified atom stereocenters. The maximum atomic E-state index is 13.6. The first-order valence-corrected chi connectivity index (χ1v) is 6.69. The highest BCUT2D eigenvalue weighted by molar-refractivity contribution is 9.10. The lowest BCUT2D eigenvalue weighted by Gasteiger charge is -2.00. The first-order valence-electron chi connectivity index (χ1n) is 4.55. The Morgan fingerprint density at radius 2 is 2.19 bits per heavy atom. The van der Waals surface area contributed by atoms with E-state index < -0.39 is 0 Å². The Morgan fingerprint density at radius 3 is 2.88 bits per heavy atom. The van der Waals surface area contributed by atoms with E-state index in [-0.39, 0.29) is 5.82 Å². The fourth-order valence-corrected chi connectivity index (χ4v) is 3.09. The molecule has 0 fully saturated rings. The van der Waals surface area contributed by atoms with Gasteiger partial charge in [0.2, 0.25) is 0 Å². The fraction of sp³-hybridized carbons (Fsp3) is 0.200. The second kappa shape index (κ2) is 5.21. The normalized spacial score (nSPS) is 10.7. The van der Waals surface area contributed by atoms with Crippen molar-refractivity contribution in [1.29, 1.82) is 0 Å². The number of benzene rings is 1. The van der Waals surface area contributed by atoms with Gasteiger partial charge in [0.15, 0.2) is 5.01 Å². The van der Waals surface area contributed by atoms with Gasteiger partial charge in [0.1, 0.15) is 10.8 Å². The Balaban J connectivity index is 2.42. The van der Waals surface area contributed by atoms with Crippen LogP contribution < -0.4 is 0 Å². The van der Waals surface area contributed by atoms with Gasteiger partial charge < -0.3 is 0 Å². The number of nitrogens with zero attached hydrogens (tertiary/aromatic N) is 2. The molecular weight excluding hydrogens is 315 g/mol. The van der Waals surface area contributed by atoms with Crippen LogP contribution in [0.2, 0.25) is 0 Å². The Labute approximate surface area is 110 Å². The van der Waals surface area contributed by atoms with Gasteiger partial charge in [-0.05, 0) is 28.1 Å². The monoisotopic (exact) mass is 320 g/mol. The van der Waals surface area contributed by atoms with Gasteiger partial charge in [0.05, 0.1) is 5.56 Å². The van der Waals surface area contributed by atoms with Crippen LogP contribution in [-0.4, -0.2) is 16.1 Å². The van der Waals surface area contributed by atoms with Crippen LogP contribution in [0.5, 0.6) is 0 Å². The number of aryl methyl sites for hydroxylation is 1. The number of hydrogen-bond donors (Lipinski definition) is 0. The SMILES string of the molecule is Fc1cccc(Br)c1-c1nnc(CCCl)s1. The summed E-state index contributed by atoms with van der Waals surface area (Å²) >= 11 is 10.3.